The van der Waals surface area contributed by atoms with Gasteiger partial charge < -0.3 is 14.2 Å². The lowest BCUT2D eigenvalue weighted by molar-refractivity contribution is 0.324. The van der Waals surface area contributed by atoms with Crippen molar-refractivity contribution in [3.63, 3.8) is 0 Å². The Morgan fingerprint density at radius 1 is 1.00 bits per heavy atom. The highest BCUT2D eigenvalue weighted by Crippen LogP contribution is 2.43. The largest absolute Gasteiger partial charge is 0.493 e. The summed E-state index contributed by atoms with van der Waals surface area (Å²) >= 11 is 1.31. The number of hydrogen-bond acceptors (Lipinski definition) is 8. The highest BCUT2D eigenvalue weighted by molar-refractivity contribution is 7.22. The van der Waals surface area contributed by atoms with E-state index in [1.165, 1.54) is 16.1 Å². The van der Waals surface area contributed by atoms with Crippen LogP contribution in [0.25, 0.3) is 32.3 Å². The molecule has 10 heteroatoms. The number of hydrogen-bond donors (Lipinski definition) is 0. The summed E-state index contributed by atoms with van der Waals surface area (Å²) in [6, 6.07) is 3.55. The van der Waals surface area contributed by atoms with Crippen molar-refractivity contribution >= 4 is 26.6 Å². The number of nitrogens with zero attached hydrogens (tertiary/aromatic N) is 6. The van der Waals surface area contributed by atoms with E-state index in [4.69, 9.17) is 30.8 Å². The molecule has 0 aliphatic carbocycles. The van der Waals surface area contributed by atoms with Crippen LogP contribution < -0.4 is 14.2 Å². The lowest BCUT2D eigenvalue weighted by Gasteiger charge is -2.14. The van der Waals surface area contributed by atoms with Crippen LogP contribution in [0.1, 0.15) is 5.56 Å². The first-order valence-corrected chi connectivity index (χ1v) is 9.28. The third-order valence-corrected chi connectivity index (χ3v) is 5.46. The van der Waals surface area contributed by atoms with Gasteiger partial charge in [-0.15, -0.1) is 16.1 Å². The molecule has 0 N–H and O–H groups in total. The van der Waals surface area contributed by atoms with E-state index in [9.17, 15) is 0 Å². The molecule has 0 aliphatic rings. The number of fused-ring (bicyclic) bond motifs is 1. The normalized spacial score (nSPS) is 10.7. The first kappa shape index (κ1) is 18.6. The number of methoxy groups -OCH3 is 3. The second kappa shape index (κ2) is 7.37. The summed E-state index contributed by atoms with van der Waals surface area (Å²) in [6.45, 7) is 9.31. The number of ether oxygens (including phenoxy) is 3. The monoisotopic (exact) mass is 408 g/mol. The Morgan fingerprint density at radius 3 is 2.21 bits per heavy atom. The van der Waals surface area contributed by atoms with E-state index in [-0.39, 0.29) is 0 Å². The number of aryl methyl sites for hydroxylation is 1. The molecule has 0 amide bonds. The van der Waals surface area contributed by atoms with Crippen molar-refractivity contribution < 1.29 is 14.2 Å². The first-order valence-electron chi connectivity index (χ1n) is 8.47. The van der Waals surface area contributed by atoms with Crippen LogP contribution >= 0.6 is 11.3 Å². The summed E-state index contributed by atoms with van der Waals surface area (Å²) in [4.78, 5) is 15.1. The molecule has 0 saturated carbocycles. The van der Waals surface area contributed by atoms with Gasteiger partial charge in [0.2, 0.25) is 10.8 Å². The second-order valence-corrected chi connectivity index (χ2v) is 6.91. The fourth-order valence-electron chi connectivity index (χ4n) is 3.02. The van der Waals surface area contributed by atoms with Crippen molar-refractivity contribution in [2.75, 3.05) is 21.3 Å². The fourth-order valence-corrected chi connectivity index (χ4v) is 3.98. The molecule has 4 rings (SSSR count). The van der Waals surface area contributed by atoms with Gasteiger partial charge in [-0.1, -0.05) is 0 Å². The van der Waals surface area contributed by atoms with Crippen molar-refractivity contribution in [2.45, 2.75) is 6.92 Å². The molecule has 9 nitrogen and oxygen atoms in total. The van der Waals surface area contributed by atoms with Gasteiger partial charge in [-0.25, -0.2) is 14.8 Å². The van der Waals surface area contributed by atoms with E-state index < -0.39 is 0 Å². The number of rotatable bonds is 5. The van der Waals surface area contributed by atoms with Crippen molar-refractivity contribution in [1.82, 2.24) is 25.0 Å². The molecule has 3 heterocycles. The maximum absolute atomic E-state index is 7.43. The van der Waals surface area contributed by atoms with Crippen LogP contribution in [-0.2, 0) is 0 Å². The van der Waals surface area contributed by atoms with Gasteiger partial charge in [0.15, 0.2) is 23.1 Å². The number of thiophene rings is 1. The zero-order valence-corrected chi connectivity index (χ0v) is 16.9. The molecule has 0 saturated heterocycles. The molecule has 0 fully saturated rings. The summed E-state index contributed by atoms with van der Waals surface area (Å²) in [5.74, 6) is 2.41. The van der Waals surface area contributed by atoms with Gasteiger partial charge >= 0.3 is 0 Å². The quantitative estimate of drug-likeness (QED) is 0.464. The molecule has 0 atom stereocenters. The molecule has 146 valence electrons. The molecular formula is C19H16N6O3S. The van der Waals surface area contributed by atoms with E-state index in [1.807, 2.05) is 6.92 Å². The van der Waals surface area contributed by atoms with Crippen LogP contribution in [0.4, 0.5) is 5.00 Å². The molecule has 0 radical (unpaired) electrons. The first-order chi connectivity index (χ1) is 14.1. The predicted octanol–water partition coefficient (Wildman–Crippen LogP) is 3.82. The maximum Gasteiger partial charge on any atom is 0.246 e. The number of aromatic nitrogens is 5. The fraction of sp³-hybridized carbons (Fsp3) is 0.211. The highest BCUT2D eigenvalue weighted by Gasteiger charge is 2.21. The van der Waals surface area contributed by atoms with Crippen molar-refractivity contribution in [2.24, 2.45) is 0 Å². The lowest BCUT2D eigenvalue weighted by Crippen LogP contribution is -2.05. The van der Waals surface area contributed by atoms with Gasteiger partial charge in [-0.3, -0.25) is 0 Å². The van der Waals surface area contributed by atoms with Gasteiger partial charge in [0.05, 0.1) is 40.3 Å². The Bertz CT molecular complexity index is 1220. The van der Waals surface area contributed by atoms with Crippen LogP contribution in [0, 0.1) is 13.5 Å². The molecule has 0 spiro atoms. The molecule has 4 aromatic rings. The van der Waals surface area contributed by atoms with Crippen LogP contribution in [0.15, 0.2) is 24.5 Å². The van der Waals surface area contributed by atoms with E-state index in [0.29, 0.717) is 44.3 Å². The molecular weight excluding hydrogens is 392 g/mol. The minimum atomic E-state index is 0.432. The van der Waals surface area contributed by atoms with Crippen molar-refractivity contribution in [1.29, 1.82) is 0 Å². The number of benzene rings is 1. The average Bonchev–Trinajstić information content (AvgIpc) is 3.40. The molecule has 3 aromatic heterocycles. The van der Waals surface area contributed by atoms with E-state index in [1.54, 1.807) is 45.9 Å². The molecule has 0 bridgehead atoms. The van der Waals surface area contributed by atoms with Gasteiger partial charge in [0.1, 0.15) is 4.83 Å². The van der Waals surface area contributed by atoms with Crippen LogP contribution in [-0.4, -0.2) is 46.3 Å². The van der Waals surface area contributed by atoms with E-state index in [2.05, 4.69) is 15.0 Å². The zero-order valence-electron chi connectivity index (χ0n) is 16.1. The standard InChI is InChI=1S/C19H16N6O3S/c1-10-14-17(25-21-6-7-22-25)23-16(24-19(14)29-18(10)20-2)11-8-12(26-3)15(28-5)13(9-11)27-4/h6-9H,1,3-5H3. The summed E-state index contributed by atoms with van der Waals surface area (Å²) < 4.78 is 16.3. The molecule has 1 aromatic carbocycles. The van der Waals surface area contributed by atoms with Gasteiger partial charge in [-0.2, -0.15) is 10.2 Å². The Hall–Kier alpha value is -3.71. The summed E-state index contributed by atoms with van der Waals surface area (Å²) in [6.07, 6.45) is 3.15. The van der Waals surface area contributed by atoms with Gasteiger partial charge in [0.25, 0.3) is 0 Å². The highest BCUT2D eigenvalue weighted by atomic mass is 32.1. The third-order valence-electron chi connectivity index (χ3n) is 4.38. The SMILES string of the molecule is [C-]#[N+]c1sc2nc(-c3cc(OC)c(OC)c(OC)c3)nc(-n3nccn3)c2c1C. The van der Waals surface area contributed by atoms with Gasteiger partial charge in [-0.05, 0) is 24.6 Å². The maximum atomic E-state index is 7.43. The predicted molar refractivity (Wildman–Crippen MR) is 108 cm³/mol. The average molecular weight is 408 g/mol. The molecule has 0 aliphatic heterocycles. The smallest absolute Gasteiger partial charge is 0.246 e. The minimum Gasteiger partial charge on any atom is -0.493 e. The Morgan fingerprint density at radius 2 is 1.66 bits per heavy atom. The summed E-state index contributed by atoms with van der Waals surface area (Å²) in [5, 5.41) is 9.75. The van der Waals surface area contributed by atoms with E-state index in [0.717, 1.165) is 10.9 Å². The Kier molecular flexibility index (Phi) is 4.74. The Balaban J connectivity index is 2.02. The summed E-state index contributed by atoms with van der Waals surface area (Å²) in [5.41, 5.74) is 1.48. The topological polar surface area (TPSA) is 88.5 Å². The summed E-state index contributed by atoms with van der Waals surface area (Å²) in [7, 11) is 4.65. The molecule has 0 unspecified atom stereocenters. The van der Waals surface area contributed by atoms with E-state index >= 15 is 0 Å². The van der Waals surface area contributed by atoms with Crippen LogP contribution in [0.5, 0.6) is 17.2 Å². The zero-order chi connectivity index (χ0) is 20.5. The van der Waals surface area contributed by atoms with Gasteiger partial charge in [0, 0.05) is 10.9 Å². The van der Waals surface area contributed by atoms with Crippen LogP contribution in [0.3, 0.4) is 0 Å². The Labute approximate surface area is 170 Å². The molecule has 29 heavy (non-hydrogen) atoms. The van der Waals surface area contributed by atoms with Crippen molar-refractivity contribution in [3.05, 3.63) is 41.5 Å². The van der Waals surface area contributed by atoms with Crippen molar-refractivity contribution in [3.8, 4) is 34.5 Å². The van der Waals surface area contributed by atoms with Crippen LogP contribution in [0.2, 0.25) is 0 Å². The minimum absolute atomic E-state index is 0.432. The second-order valence-electron chi connectivity index (χ2n) is 5.93. The third kappa shape index (κ3) is 3.01. The lowest BCUT2D eigenvalue weighted by atomic mass is 10.1.